The number of amides is 1. The Balaban J connectivity index is 1.83. The highest BCUT2D eigenvalue weighted by molar-refractivity contribution is 5.97. The van der Waals surface area contributed by atoms with Crippen LogP contribution in [-0.4, -0.2) is 22.9 Å². The van der Waals surface area contributed by atoms with Gasteiger partial charge in [0.05, 0.1) is 16.9 Å². The van der Waals surface area contributed by atoms with Gasteiger partial charge in [-0.15, -0.1) is 0 Å². The van der Waals surface area contributed by atoms with Crippen LogP contribution in [0.25, 0.3) is 22.0 Å². The molecule has 0 aliphatic rings. The van der Waals surface area contributed by atoms with Gasteiger partial charge in [0.1, 0.15) is 5.69 Å². The van der Waals surface area contributed by atoms with Crippen LogP contribution < -0.4 is 10.6 Å². The number of aryl methyl sites for hydroxylation is 3. The Bertz CT molecular complexity index is 1300. The normalized spacial score (nSPS) is 10.9. The molecule has 2 aromatic carbocycles. The minimum absolute atomic E-state index is 0.244. The van der Waals surface area contributed by atoms with E-state index in [1.54, 1.807) is 26.2 Å². The van der Waals surface area contributed by atoms with E-state index in [0.717, 1.165) is 27.9 Å². The number of carbonyl (C=O) groups excluding carboxylic acids is 1. The fourth-order valence-corrected chi connectivity index (χ4v) is 3.50. The van der Waals surface area contributed by atoms with Crippen LogP contribution in [0, 0.1) is 26.6 Å². The maximum atomic E-state index is 15.2. The number of nitrogens with zero attached hydrogens (tertiary/aromatic N) is 2. The monoisotopic (exact) mass is 414 g/mol. The van der Waals surface area contributed by atoms with Crippen molar-refractivity contribution >= 4 is 28.2 Å². The summed E-state index contributed by atoms with van der Waals surface area (Å²) in [6.07, 6.45) is 1.64. The molecule has 0 fully saturated rings. The van der Waals surface area contributed by atoms with Gasteiger partial charge in [-0.1, -0.05) is 24.3 Å². The molecule has 156 valence electrons. The number of anilines is 2. The fourth-order valence-electron chi connectivity index (χ4n) is 3.50. The molecule has 6 heteroatoms. The van der Waals surface area contributed by atoms with E-state index >= 15 is 4.39 Å². The highest BCUT2D eigenvalue weighted by Gasteiger charge is 2.15. The standard InChI is InChI=1S/C25H23FN4O/c1-14-5-6-15(2)22(11-14)30-24-19-12-17(7-9-20(19)29-16(3)23(24)26)18-8-10-21(28-13-18)25(31)27-4/h5-13H,1-4H3,(H,27,31)(H,29,30). The topological polar surface area (TPSA) is 66.9 Å². The lowest BCUT2D eigenvalue weighted by Crippen LogP contribution is -2.18. The smallest absolute Gasteiger partial charge is 0.269 e. The molecule has 4 aromatic rings. The number of aromatic nitrogens is 2. The van der Waals surface area contributed by atoms with Crippen LogP contribution in [-0.2, 0) is 0 Å². The largest absolute Gasteiger partial charge is 0.354 e. The molecular weight excluding hydrogens is 391 g/mol. The van der Waals surface area contributed by atoms with E-state index in [1.807, 2.05) is 56.3 Å². The van der Waals surface area contributed by atoms with Gasteiger partial charge in [0.25, 0.3) is 5.91 Å². The van der Waals surface area contributed by atoms with Crippen molar-refractivity contribution in [1.82, 2.24) is 15.3 Å². The summed E-state index contributed by atoms with van der Waals surface area (Å²) in [6.45, 7) is 5.66. The molecule has 0 atom stereocenters. The SMILES string of the molecule is CNC(=O)c1ccc(-c2ccc3nc(C)c(F)c(Nc4cc(C)ccc4C)c3c2)cn1. The molecule has 1 amide bonds. The van der Waals surface area contributed by atoms with Crippen molar-refractivity contribution in [3.05, 3.63) is 83.1 Å². The van der Waals surface area contributed by atoms with Crippen molar-refractivity contribution in [3.63, 3.8) is 0 Å². The summed E-state index contributed by atoms with van der Waals surface area (Å²) < 4.78 is 15.2. The van der Waals surface area contributed by atoms with E-state index in [1.165, 1.54) is 0 Å². The van der Waals surface area contributed by atoms with E-state index in [2.05, 4.69) is 20.6 Å². The Labute approximate surface area is 180 Å². The van der Waals surface area contributed by atoms with Gasteiger partial charge in [-0.3, -0.25) is 9.78 Å². The average Bonchev–Trinajstić information content (AvgIpc) is 2.78. The number of fused-ring (bicyclic) bond motifs is 1. The third kappa shape index (κ3) is 3.97. The lowest BCUT2D eigenvalue weighted by atomic mass is 10.0. The number of carbonyl (C=O) groups is 1. The zero-order chi connectivity index (χ0) is 22.1. The molecule has 31 heavy (non-hydrogen) atoms. The maximum Gasteiger partial charge on any atom is 0.269 e. The Morgan fingerprint density at radius 2 is 1.74 bits per heavy atom. The number of hydrogen-bond donors (Lipinski definition) is 2. The Morgan fingerprint density at radius 3 is 2.45 bits per heavy atom. The van der Waals surface area contributed by atoms with Gasteiger partial charge in [0, 0.05) is 29.9 Å². The van der Waals surface area contributed by atoms with Crippen molar-refractivity contribution < 1.29 is 9.18 Å². The van der Waals surface area contributed by atoms with E-state index < -0.39 is 0 Å². The van der Waals surface area contributed by atoms with Gasteiger partial charge >= 0.3 is 0 Å². The molecule has 0 radical (unpaired) electrons. The third-order valence-electron chi connectivity index (χ3n) is 5.30. The van der Waals surface area contributed by atoms with Crippen molar-refractivity contribution in [2.75, 3.05) is 12.4 Å². The highest BCUT2D eigenvalue weighted by Crippen LogP contribution is 2.34. The molecule has 0 bridgehead atoms. The van der Waals surface area contributed by atoms with Crippen molar-refractivity contribution in [2.45, 2.75) is 20.8 Å². The molecule has 5 nitrogen and oxygen atoms in total. The van der Waals surface area contributed by atoms with Crippen LogP contribution in [0.15, 0.2) is 54.7 Å². The zero-order valence-corrected chi connectivity index (χ0v) is 17.9. The van der Waals surface area contributed by atoms with Gasteiger partial charge in [-0.25, -0.2) is 9.37 Å². The number of hydrogen-bond acceptors (Lipinski definition) is 4. The van der Waals surface area contributed by atoms with Crippen LogP contribution in [0.3, 0.4) is 0 Å². The van der Waals surface area contributed by atoms with Gasteiger partial charge in [0.15, 0.2) is 5.82 Å². The van der Waals surface area contributed by atoms with Gasteiger partial charge in [-0.2, -0.15) is 0 Å². The summed E-state index contributed by atoms with van der Waals surface area (Å²) in [5.41, 5.74) is 6.43. The maximum absolute atomic E-state index is 15.2. The molecule has 0 aliphatic heterocycles. The summed E-state index contributed by atoms with van der Waals surface area (Å²) in [6, 6.07) is 15.2. The second kappa shape index (κ2) is 8.14. The predicted molar refractivity (Wildman–Crippen MR) is 122 cm³/mol. The van der Waals surface area contributed by atoms with Crippen LogP contribution >= 0.6 is 0 Å². The first-order valence-corrected chi connectivity index (χ1v) is 10.00. The summed E-state index contributed by atoms with van der Waals surface area (Å²) in [5, 5.41) is 6.53. The minimum atomic E-state index is -0.376. The van der Waals surface area contributed by atoms with Gasteiger partial charge < -0.3 is 10.6 Å². The van der Waals surface area contributed by atoms with E-state index in [9.17, 15) is 4.79 Å². The molecule has 0 unspecified atom stereocenters. The van der Waals surface area contributed by atoms with E-state index in [0.29, 0.717) is 28.0 Å². The highest BCUT2D eigenvalue weighted by atomic mass is 19.1. The molecular formula is C25H23FN4O. The quantitative estimate of drug-likeness (QED) is 0.465. The molecule has 4 rings (SSSR count). The summed E-state index contributed by atoms with van der Waals surface area (Å²) in [4.78, 5) is 20.4. The van der Waals surface area contributed by atoms with Gasteiger partial charge in [-0.05, 0) is 61.7 Å². The average molecular weight is 414 g/mol. The molecule has 0 saturated carbocycles. The summed E-state index contributed by atoms with van der Waals surface area (Å²) in [7, 11) is 1.56. The number of pyridine rings is 2. The molecule has 2 N–H and O–H groups in total. The van der Waals surface area contributed by atoms with Crippen molar-refractivity contribution in [2.24, 2.45) is 0 Å². The minimum Gasteiger partial charge on any atom is -0.354 e. The first-order valence-electron chi connectivity index (χ1n) is 10.00. The Kier molecular flexibility index (Phi) is 5.38. The number of nitrogens with one attached hydrogen (secondary N) is 2. The summed E-state index contributed by atoms with van der Waals surface area (Å²) >= 11 is 0. The van der Waals surface area contributed by atoms with E-state index in [4.69, 9.17) is 0 Å². The van der Waals surface area contributed by atoms with E-state index in [-0.39, 0.29) is 11.7 Å². The second-order valence-electron chi connectivity index (χ2n) is 7.57. The molecule has 2 heterocycles. The van der Waals surface area contributed by atoms with Crippen molar-refractivity contribution in [1.29, 1.82) is 0 Å². The lowest BCUT2D eigenvalue weighted by Gasteiger charge is -2.16. The second-order valence-corrected chi connectivity index (χ2v) is 7.57. The Morgan fingerprint density at radius 1 is 0.968 bits per heavy atom. The van der Waals surface area contributed by atoms with Crippen LogP contribution in [0.5, 0.6) is 0 Å². The molecule has 0 aliphatic carbocycles. The third-order valence-corrected chi connectivity index (χ3v) is 5.30. The fraction of sp³-hybridized carbons (Fsp3) is 0.160. The van der Waals surface area contributed by atoms with Crippen LogP contribution in [0.2, 0.25) is 0 Å². The van der Waals surface area contributed by atoms with Crippen molar-refractivity contribution in [3.8, 4) is 11.1 Å². The van der Waals surface area contributed by atoms with Gasteiger partial charge in [0.2, 0.25) is 0 Å². The number of halogens is 1. The first-order chi connectivity index (χ1) is 14.9. The number of rotatable bonds is 4. The molecule has 0 saturated heterocycles. The van der Waals surface area contributed by atoms with Crippen LogP contribution in [0.4, 0.5) is 15.8 Å². The summed E-state index contributed by atoms with van der Waals surface area (Å²) in [5.74, 6) is -0.620. The molecule has 2 aromatic heterocycles. The van der Waals surface area contributed by atoms with Crippen LogP contribution in [0.1, 0.15) is 27.3 Å². The zero-order valence-electron chi connectivity index (χ0n) is 17.9. The number of benzene rings is 2. The molecule has 0 spiro atoms. The lowest BCUT2D eigenvalue weighted by molar-refractivity contribution is 0.0958. The Hall–Kier alpha value is -3.80. The first kappa shape index (κ1) is 20.5. The predicted octanol–water partition coefficient (Wildman–Crippen LogP) is 5.46.